The van der Waals surface area contributed by atoms with E-state index in [1.54, 1.807) is 0 Å². The molecule has 0 radical (unpaired) electrons. The van der Waals surface area contributed by atoms with Gasteiger partial charge in [-0.2, -0.15) is 0 Å². The predicted octanol–water partition coefficient (Wildman–Crippen LogP) is 3.10. The Labute approximate surface area is 114 Å². The lowest BCUT2D eigenvalue weighted by Crippen LogP contribution is -2.37. The van der Waals surface area contributed by atoms with Crippen molar-refractivity contribution in [2.24, 2.45) is 5.92 Å². The predicted molar refractivity (Wildman–Crippen MR) is 77.9 cm³/mol. The molecule has 1 aromatic rings. The van der Waals surface area contributed by atoms with Crippen molar-refractivity contribution in [2.75, 3.05) is 13.1 Å². The third-order valence-corrected chi connectivity index (χ3v) is 5.06. The van der Waals surface area contributed by atoms with Gasteiger partial charge in [-0.15, -0.1) is 11.3 Å². The van der Waals surface area contributed by atoms with Gasteiger partial charge in [0, 0.05) is 36.6 Å². The second kappa shape index (κ2) is 5.72. The Morgan fingerprint density at radius 1 is 1.39 bits per heavy atom. The Bertz CT molecular complexity index is 355. The highest BCUT2D eigenvalue weighted by molar-refractivity contribution is 7.09. The largest absolute Gasteiger partial charge is 0.313 e. The summed E-state index contributed by atoms with van der Waals surface area (Å²) in [5.74, 6) is 0.969. The summed E-state index contributed by atoms with van der Waals surface area (Å²) in [6.07, 6.45) is 5.69. The molecule has 0 aliphatic heterocycles. The van der Waals surface area contributed by atoms with E-state index in [1.807, 2.05) is 11.3 Å². The highest BCUT2D eigenvalue weighted by atomic mass is 32.1. The molecule has 1 aromatic heterocycles. The monoisotopic (exact) mass is 264 g/mol. The van der Waals surface area contributed by atoms with Crippen LogP contribution in [0.25, 0.3) is 0 Å². The highest BCUT2D eigenvalue weighted by Crippen LogP contribution is 2.32. The lowest BCUT2D eigenvalue weighted by Gasteiger charge is -2.23. The van der Waals surface area contributed by atoms with E-state index in [4.69, 9.17) is 0 Å². The van der Waals surface area contributed by atoms with E-state index >= 15 is 0 Å². The Balaban J connectivity index is 1.42. The van der Waals surface area contributed by atoms with Crippen molar-refractivity contribution in [1.82, 2.24) is 10.2 Å². The van der Waals surface area contributed by atoms with E-state index < -0.39 is 0 Å². The van der Waals surface area contributed by atoms with Gasteiger partial charge in [0.15, 0.2) is 0 Å². The summed E-state index contributed by atoms with van der Waals surface area (Å²) in [6.45, 7) is 5.86. The maximum absolute atomic E-state index is 3.70. The third-order valence-electron chi connectivity index (χ3n) is 4.20. The molecule has 1 N–H and O–H groups in total. The quantitative estimate of drug-likeness (QED) is 0.776. The zero-order chi connectivity index (χ0) is 12.4. The summed E-state index contributed by atoms with van der Waals surface area (Å²) < 4.78 is 0. The van der Waals surface area contributed by atoms with E-state index in [9.17, 15) is 0 Å². The smallest absolute Gasteiger partial charge is 0.0331 e. The van der Waals surface area contributed by atoms with Gasteiger partial charge in [-0.3, -0.25) is 4.90 Å². The van der Waals surface area contributed by atoms with Crippen molar-refractivity contribution in [3.63, 3.8) is 0 Å². The normalized spacial score (nSPS) is 21.4. The number of hydrogen-bond donors (Lipinski definition) is 1. The van der Waals surface area contributed by atoms with E-state index in [1.165, 1.54) is 37.1 Å². The topological polar surface area (TPSA) is 15.3 Å². The summed E-state index contributed by atoms with van der Waals surface area (Å²) in [6, 6.07) is 6.02. The van der Waals surface area contributed by atoms with Crippen molar-refractivity contribution in [2.45, 2.75) is 51.2 Å². The molecule has 3 heteroatoms. The molecule has 18 heavy (non-hydrogen) atoms. The van der Waals surface area contributed by atoms with Gasteiger partial charge >= 0.3 is 0 Å². The fourth-order valence-corrected chi connectivity index (χ4v) is 3.36. The molecular weight excluding hydrogens is 240 g/mol. The Morgan fingerprint density at radius 3 is 2.83 bits per heavy atom. The molecule has 0 saturated heterocycles. The molecule has 1 unspecified atom stereocenters. The SMILES string of the molecule is CC(NCCN(Cc1cccs1)C1CC1)C1CC1. The number of nitrogens with one attached hydrogen (secondary N) is 1. The molecular formula is C15H24N2S. The van der Waals surface area contributed by atoms with Crippen LogP contribution in [0.15, 0.2) is 17.5 Å². The first-order valence-electron chi connectivity index (χ1n) is 7.33. The van der Waals surface area contributed by atoms with Crippen LogP contribution in [0.4, 0.5) is 0 Å². The lowest BCUT2D eigenvalue weighted by molar-refractivity contribution is 0.252. The van der Waals surface area contributed by atoms with E-state index in [2.05, 4.69) is 34.7 Å². The van der Waals surface area contributed by atoms with Crippen molar-refractivity contribution < 1.29 is 0 Å². The van der Waals surface area contributed by atoms with Gasteiger partial charge in [0.05, 0.1) is 0 Å². The molecule has 3 rings (SSSR count). The number of thiophene rings is 1. The Kier molecular flexibility index (Phi) is 4.02. The van der Waals surface area contributed by atoms with Crippen molar-refractivity contribution >= 4 is 11.3 Å². The molecule has 0 aromatic carbocycles. The summed E-state index contributed by atoms with van der Waals surface area (Å²) in [7, 11) is 0. The summed E-state index contributed by atoms with van der Waals surface area (Å²) >= 11 is 1.89. The second-order valence-electron chi connectivity index (χ2n) is 5.86. The van der Waals surface area contributed by atoms with Crippen LogP contribution in [0.3, 0.4) is 0 Å². The number of rotatable bonds is 8. The first kappa shape index (κ1) is 12.6. The molecule has 0 bridgehead atoms. The molecule has 1 atom stereocenters. The molecule has 2 aliphatic rings. The molecule has 1 heterocycles. The Hall–Kier alpha value is -0.380. The highest BCUT2D eigenvalue weighted by Gasteiger charge is 2.30. The van der Waals surface area contributed by atoms with Crippen molar-refractivity contribution in [3.8, 4) is 0 Å². The number of hydrogen-bond acceptors (Lipinski definition) is 3. The van der Waals surface area contributed by atoms with E-state index in [-0.39, 0.29) is 0 Å². The van der Waals surface area contributed by atoms with Crippen molar-refractivity contribution in [3.05, 3.63) is 22.4 Å². The number of nitrogens with zero attached hydrogens (tertiary/aromatic N) is 1. The van der Waals surface area contributed by atoms with Gasteiger partial charge in [0.25, 0.3) is 0 Å². The minimum absolute atomic E-state index is 0.729. The fraction of sp³-hybridized carbons (Fsp3) is 0.733. The van der Waals surface area contributed by atoms with Gasteiger partial charge in [-0.05, 0) is 50.0 Å². The van der Waals surface area contributed by atoms with Gasteiger partial charge in [0.2, 0.25) is 0 Å². The average molecular weight is 264 g/mol. The van der Waals surface area contributed by atoms with Crippen LogP contribution in [-0.4, -0.2) is 30.1 Å². The van der Waals surface area contributed by atoms with Crippen LogP contribution in [0.2, 0.25) is 0 Å². The van der Waals surface area contributed by atoms with E-state index in [0.717, 1.165) is 31.1 Å². The Morgan fingerprint density at radius 2 is 2.22 bits per heavy atom. The van der Waals surface area contributed by atoms with E-state index in [0.29, 0.717) is 0 Å². The maximum Gasteiger partial charge on any atom is 0.0331 e. The van der Waals surface area contributed by atoms with Crippen LogP contribution in [0.1, 0.15) is 37.5 Å². The molecule has 0 amide bonds. The first-order valence-corrected chi connectivity index (χ1v) is 8.20. The molecule has 2 saturated carbocycles. The molecule has 0 spiro atoms. The summed E-state index contributed by atoms with van der Waals surface area (Å²) in [4.78, 5) is 4.18. The second-order valence-corrected chi connectivity index (χ2v) is 6.89. The lowest BCUT2D eigenvalue weighted by atomic mass is 10.2. The zero-order valence-electron chi connectivity index (χ0n) is 11.3. The summed E-state index contributed by atoms with van der Waals surface area (Å²) in [5.41, 5.74) is 0. The van der Waals surface area contributed by atoms with Crippen LogP contribution in [0, 0.1) is 5.92 Å². The third kappa shape index (κ3) is 3.56. The zero-order valence-corrected chi connectivity index (χ0v) is 12.1. The van der Waals surface area contributed by atoms with Crippen LogP contribution in [-0.2, 0) is 6.54 Å². The summed E-state index contributed by atoms with van der Waals surface area (Å²) in [5, 5.41) is 5.89. The molecule has 2 aliphatic carbocycles. The van der Waals surface area contributed by atoms with Gasteiger partial charge in [-0.1, -0.05) is 6.07 Å². The molecule has 100 valence electrons. The molecule has 2 nitrogen and oxygen atoms in total. The van der Waals surface area contributed by atoms with Gasteiger partial charge in [-0.25, -0.2) is 0 Å². The maximum atomic E-state index is 3.70. The fourth-order valence-electron chi connectivity index (χ4n) is 2.63. The van der Waals surface area contributed by atoms with Gasteiger partial charge < -0.3 is 5.32 Å². The van der Waals surface area contributed by atoms with Crippen LogP contribution < -0.4 is 5.32 Å². The van der Waals surface area contributed by atoms with Gasteiger partial charge in [0.1, 0.15) is 0 Å². The first-order chi connectivity index (χ1) is 8.83. The minimum atomic E-state index is 0.729. The standard InChI is InChI=1S/C15H24N2S/c1-12(13-4-5-13)16-8-9-17(14-6-7-14)11-15-3-2-10-18-15/h2-3,10,12-14,16H,4-9,11H2,1H3. The molecule has 2 fully saturated rings. The minimum Gasteiger partial charge on any atom is -0.313 e. The average Bonchev–Trinajstić information content (AvgIpc) is 3.27. The van der Waals surface area contributed by atoms with Crippen LogP contribution >= 0.6 is 11.3 Å². The van der Waals surface area contributed by atoms with Crippen LogP contribution in [0.5, 0.6) is 0 Å². The van der Waals surface area contributed by atoms with Crippen molar-refractivity contribution in [1.29, 1.82) is 0 Å².